The molecule has 1 N–H and O–H groups in total. The van der Waals surface area contributed by atoms with E-state index in [1.54, 1.807) is 0 Å². The van der Waals surface area contributed by atoms with Crippen molar-refractivity contribution in [1.29, 1.82) is 0 Å². The zero-order chi connectivity index (χ0) is 13.7. The van der Waals surface area contributed by atoms with Crippen LogP contribution in [0.5, 0.6) is 0 Å². The Morgan fingerprint density at radius 1 is 1.37 bits per heavy atom. The molecule has 2 atom stereocenters. The van der Waals surface area contributed by atoms with Crippen molar-refractivity contribution in [3.8, 4) is 0 Å². The van der Waals surface area contributed by atoms with Gasteiger partial charge in [-0.15, -0.1) is 0 Å². The monoisotopic (exact) mass is 260 g/mol. The molecule has 2 rings (SSSR count). The van der Waals surface area contributed by atoms with Crippen LogP contribution in [0.2, 0.25) is 0 Å². The van der Waals surface area contributed by atoms with Crippen molar-refractivity contribution in [2.75, 3.05) is 26.7 Å². The summed E-state index contributed by atoms with van der Waals surface area (Å²) >= 11 is 0. The van der Waals surface area contributed by atoms with Gasteiger partial charge in [-0.25, -0.2) is 0 Å². The molecular weight excluding hydrogens is 232 g/mol. The maximum atomic E-state index is 3.50. The lowest BCUT2D eigenvalue weighted by Gasteiger charge is -2.35. The minimum atomic E-state index is 0.455. The summed E-state index contributed by atoms with van der Waals surface area (Å²) in [6.07, 6.45) is 4.11. The van der Waals surface area contributed by atoms with Gasteiger partial charge in [-0.05, 0) is 50.4 Å². The number of nitrogens with one attached hydrogen (secondary N) is 1. The van der Waals surface area contributed by atoms with Crippen molar-refractivity contribution < 1.29 is 0 Å². The molecule has 0 spiro atoms. The van der Waals surface area contributed by atoms with E-state index in [0.717, 1.165) is 12.5 Å². The van der Waals surface area contributed by atoms with Crippen molar-refractivity contribution >= 4 is 0 Å². The van der Waals surface area contributed by atoms with Gasteiger partial charge in [0.2, 0.25) is 0 Å². The smallest absolute Gasteiger partial charge is 0.0449 e. The van der Waals surface area contributed by atoms with E-state index < -0.39 is 0 Å². The molecular formula is C17H28N2. The van der Waals surface area contributed by atoms with E-state index in [0.29, 0.717) is 6.04 Å². The summed E-state index contributed by atoms with van der Waals surface area (Å²) in [6, 6.07) is 9.21. The van der Waals surface area contributed by atoms with Gasteiger partial charge in [0.25, 0.3) is 0 Å². The summed E-state index contributed by atoms with van der Waals surface area (Å²) in [7, 11) is 2.08. The Morgan fingerprint density at radius 3 is 2.84 bits per heavy atom. The van der Waals surface area contributed by atoms with Crippen LogP contribution in [0.25, 0.3) is 0 Å². The molecule has 1 aliphatic heterocycles. The summed E-state index contributed by atoms with van der Waals surface area (Å²) in [5.74, 6) is 0.906. The van der Waals surface area contributed by atoms with Crippen molar-refractivity contribution in [1.82, 2.24) is 10.2 Å². The van der Waals surface area contributed by atoms with Gasteiger partial charge in [-0.3, -0.25) is 0 Å². The molecule has 1 fully saturated rings. The summed E-state index contributed by atoms with van der Waals surface area (Å²) in [5, 5.41) is 3.50. The average Bonchev–Trinajstić information content (AvgIpc) is 2.46. The predicted molar refractivity (Wildman–Crippen MR) is 82.4 cm³/mol. The lowest BCUT2D eigenvalue weighted by Crippen LogP contribution is -2.40. The van der Waals surface area contributed by atoms with Gasteiger partial charge in [0.05, 0.1) is 0 Å². The molecule has 0 aromatic heterocycles. The fraction of sp³-hybridized carbons (Fsp3) is 0.647. The first-order valence-corrected chi connectivity index (χ1v) is 7.69. The van der Waals surface area contributed by atoms with Crippen LogP contribution in [-0.2, 0) is 0 Å². The van der Waals surface area contributed by atoms with Crippen LogP contribution in [0.15, 0.2) is 24.3 Å². The molecule has 1 saturated heterocycles. The van der Waals surface area contributed by atoms with Gasteiger partial charge in [0.15, 0.2) is 0 Å². The predicted octanol–water partition coefficient (Wildman–Crippen LogP) is 3.38. The number of rotatable bonds is 5. The Balaban J connectivity index is 2.01. The van der Waals surface area contributed by atoms with E-state index in [2.05, 4.69) is 55.4 Å². The van der Waals surface area contributed by atoms with Crippen molar-refractivity contribution in [2.24, 2.45) is 5.92 Å². The number of likely N-dealkylation sites (tertiary alicyclic amines) is 1. The van der Waals surface area contributed by atoms with Crippen molar-refractivity contribution in [2.45, 2.75) is 39.2 Å². The summed E-state index contributed by atoms with van der Waals surface area (Å²) in [5.41, 5.74) is 2.84. The number of hydrogen-bond acceptors (Lipinski definition) is 2. The van der Waals surface area contributed by atoms with E-state index in [9.17, 15) is 0 Å². The first kappa shape index (κ1) is 14.5. The summed E-state index contributed by atoms with van der Waals surface area (Å²) in [4.78, 5) is 2.64. The average molecular weight is 260 g/mol. The topological polar surface area (TPSA) is 15.3 Å². The lowest BCUT2D eigenvalue weighted by molar-refractivity contribution is 0.158. The molecule has 0 saturated carbocycles. The maximum absolute atomic E-state index is 3.50. The summed E-state index contributed by atoms with van der Waals surface area (Å²) in [6.45, 7) is 8.22. The second-order valence-corrected chi connectivity index (χ2v) is 5.87. The fourth-order valence-corrected chi connectivity index (χ4v) is 3.23. The van der Waals surface area contributed by atoms with Crippen LogP contribution in [0.4, 0.5) is 0 Å². The Morgan fingerprint density at radius 2 is 2.16 bits per heavy atom. The molecule has 1 aromatic carbocycles. The van der Waals surface area contributed by atoms with Crippen LogP contribution < -0.4 is 5.32 Å². The normalized spacial score (nSPS) is 22.4. The Labute approximate surface area is 118 Å². The highest BCUT2D eigenvalue weighted by Gasteiger charge is 2.21. The molecule has 0 amide bonds. The van der Waals surface area contributed by atoms with E-state index >= 15 is 0 Å². The molecule has 0 aliphatic carbocycles. The van der Waals surface area contributed by atoms with Gasteiger partial charge in [0, 0.05) is 19.1 Å². The number of benzene rings is 1. The number of nitrogens with zero attached hydrogens (tertiary/aromatic N) is 1. The molecule has 2 nitrogen and oxygen atoms in total. The summed E-state index contributed by atoms with van der Waals surface area (Å²) < 4.78 is 0. The van der Waals surface area contributed by atoms with Gasteiger partial charge in [-0.1, -0.05) is 37.6 Å². The van der Waals surface area contributed by atoms with Crippen LogP contribution in [0.3, 0.4) is 0 Å². The lowest BCUT2D eigenvalue weighted by atomic mass is 9.94. The van der Waals surface area contributed by atoms with Gasteiger partial charge in [0.1, 0.15) is 0 Å². The third-order valence-corrected chi connectivity index (χ3v) is 4.53. The molecule has 2 unspecified atom stereocenters. The highest BCUT2D eigenvalue weighted by atomic mass is 15.2. The van der Waals surface area contributed by atoms with Gasteiger partial charge < -0.3 is 10.2 Å². The quantitative estimate of drug-likeness (QED) is 0.873. The molecule has 19 heavy (non-hydrogen) atoms. The Kier molecular flexibility index (Phi) is 5.41. The van der Waals surface area contributed by atoms with Crippen molar-refractivity contribution in [3.05, 3.63) is 35.4 Å². The van der Waals surface area contributed by atoms with Crippen LogP contribution in [-0.4, -0.2) is 31.6 Å². The van der Waals surface area contributed by atoms with Gasteiger partial charge in [-0.2, -0.15) is 0 Å². The number of aryl methyl sites for hydroxylation is 1. The van der Waals surface area contributed by atoms with Crippen LogP contribution >= 0.6 is 0 Å². The van der Waals surface area contributed by atoms with Crippen molar-refractivity contribution in [3.63, 3.8) is 0 Å². The molecule has 106 valence electrons. The van der Waals surface area contributed by atoms with E-state index in [-0.39, 0.29) is 0 Å². The second kappa shape index (κ2) is 7.06. The standard InChI is InChI=1S/C17H28N2/c1-4-15-9-7-11-19(12-15)13-17(18-3)16-10-6-5-8-14(16)2/h5-6,8,10,15,17-18H,4,7,9,11-13H2,1-3H3. The molecule has 1 aromatic rings. The van der Waals surface area contributed by atoms with Crippen LogP contribution in [0.1, 0.15) is 43.4 Å². The molecule has 1 aliphatic rings. The highest BCUT2D eigenvalue weighted by molar-refractivity contribution is 5.29. The second-order valence-electron chi connectivity index (χ2n) is 5.87. The number of hydrogen-bond donors (Lipinski definition) is 1. The zero-order valence-corrected chi connectivity index (χ0v) is 12.7. The first-order chi connectivity index (χ1) is 9.24. The van der Waals surface area contributed by atoms with E-state index in [1.807, 2.05) is 0 Å². The fourth-order valence-electron chi connectivity index (χ4n) is 3.23. The molecule has 0 bridgehead atoms. The molecule has 1 heterocycles. The number of piperidine rings is 1. The third kappa shape index (κ3) is 3.80. The largest absolute Gasteiger partial charge is 0.312 e. The number of likely N-dealkylation sites (N-methyl/N-ethyl adjacent to an activating group) is 1. The van der Waals surface area contributed by atoms with Gasteiger partial charge >= 0.3 is 0 Å². The maximum Gasteiger partial charge on any atom is 0.0449 e. The Hall–Kier alpha value is -0.860. The zero-order valence-electron chi connectivity index (χ0n) is 12.7. The Bertz CT molecular complexity index is 389. The molecule has 2 heteroatoms. The first-order valence-electron chi connectivity index (χ1n) is 7.69. The SMILES string of the molecule is CCC1CCCN(CC(NC)c2ccccc2C)C1. The highest BCUT2D eigenvalue weighted by Crippen LogP contribution is 2.23. The third-order valence-electron chi connectivity index (χ3n) is 4.53. The molecule has 0 radical (unpaired) electrons. The minimum absolute atomic E-state index is 0.455. The van der Waals surface area contributed by atoms with E-state index in [4.69, 9.17) is 0 Å². The van der Waals surface area contributed by atoms with Crippen LogP contribution in [0, 0.1) is 12.8 Å². The van der Waals surface area contributed by atoms with E-state index in [1.165, 1.54) is 43.5 Å². The minimum Gasteiger partial charge on any atom is -0.312 e.